The van der Waals surface area contributed by atoms with Crippen molar-refractivity contribution in [1.82, 2.24) is 4.67 Å². The van der Waals surface area contributed by atoms with Gasteiger partial charge < -0.3 is 4.52 Å². The van der Waals surface area contributed by atoms with Gasteiger partial charge in [0.2, 0.25) is 0 Å². The van der Waals surface area contributed by atoms with Crippen LogP contribution in [0.4, 0.5) is 0 Å². The first kappa shape index (κ1) is 11.2. The highest BCUT2D eigenvalue weighted by molar-refractivity contribution is 7.36. The predicted octanol–water partition coefficient (Wildman–Crippen LogP) is 2.14. The summed E-state index contributed by atoms with van der Waals surface area (Å²) in [7, 11) is -0.498. The van der Waals surface area contributed by atoms with Crippen molar-refractivity contribution in [2.75, 3.05) is 7.11 Å². The average molecular weight is 179 g/mol. The van der Waals surface area contributed by atoms with Gasteiger partial charge in [0, 0.05) is 19.2 Å². The molecule has 3 nitrogen and oxygen atoms in total. The summed E-state index contributed by atoms with van der Waals surface area (Å²) in [6.45, 7) is 8.06. The lowest BCUT2D eigenvalue weighted by atomic mass is 10.3. The maximum Gasteiger partial charge on any atom is 0.261 e. The largest absolute Gasteiger partial charge is 0.323 e. The van der Waals surface area contributed by atoms with Gasteiger partial charge in [0.15, 0.2) is 0 Å². The molecule has 0 aromatic heterocycles. The van der Waals surface area contributed by atoms with E-state index in [1.54, 1.807) is 0 Å². The highest BCUT2D eigenvalue weighted by Crippen LogP contribution is 2.31. The van der Waals surface area contributed by atoms with Crippen LogP contribution in [-0.4, -0.2) is 23.9 Å². The van der Waals surface area contributed by atoms with Crippen LogP contribution in [0, 0.1) is 0 Å². The van der Waals surface area contributed by atoms with Gasteiger partial charge in [-0.05, 0) is 27.7 Å². The van der Waals surface area contributed by atoms with Crippen molar-refractivity contribution in [2.45, 2.75) is 39.8 Å². The molecule has 0 spiro atoms. The first-order valence-electron chi connectivity index (χ1n) is 3.87. The molecular weight excluding hydrogens is 161 g/mol. The molecule has 0 aliphatic rings. The number of rotatable bonds is 4. The Hall–Kier alpha value is 0.150. The van der Waals surface area contributed by atoms with Crippen molar-refractivity contribution >= 4 is 8.18 Å². The molecule has 0 saturated carbocycles. The van der Waals surface area contributed by atoms with Gasteiger partial charge in [0.05, 0.1) is 0 Å². The molecule has 0 aromatic rings. The molecule has 0 aromatic carbocycles. The Kier molecular flexibility index (Phi) is 4.98. The van der Waals surface area contributed by atoms with Gasteiger partial charge in [-0.25, -0.2) is 4.67 Å². The molecule has 0 radical (unpaired) electrons. The van der Waals surface area contributed by atoms with Crippen LogP contribution < -0.4 is 0 Å². The lowest BCUT2D eigenvalue weighted by Gasteiger charge is -2.28. The molecule has 4 heteroatoms. The lowest BCUT2D eigenvalue weighted by molar-refractivity contribution is 0.259. The van der Waals surface area contributed by atoms with E-state index in [0.29, 0.717) is 0 Å². The Bertz CT molecular complexity index is 128. The molecular formula is C7H18NO2P. The standard InChI is InChI=1S/C7H18NO2P/c1-6(2)8(7(3)4)11(9)10-5/h6-7,11H,1-5H3. The van der Waals surface area contributed by atoms with E-state index in [1.165, 1.54) is 7.11 Å². The van der Waals surface area contributed by atoms with Gasteiger partial charge in [0.1, 0.15) is 0 Å². The Balaban J connectivity index is 4.22. The van der Waals surface area contributed by atoms with Gasteiger partial charge in [-0.2, -0.15) is 0 Å². The first-order valence-corrected chi connectivity index (χ1v) is 5.13. The van der Waals surface area contributed by atoms with E-state index in [4.69, 9.17) is 4.52 Å². The smallest absolute Gasteiger partial charge is 0.261 e. The SMILES string of the molecule is CO[PH](=O)N(C(C)C)C(C)C. The van der Waals surface area contributed by atoms with Crippen LogP contribution in [0.15, 0.2) is 0 Å². The maximum atomic E-state index is 11.3. The third-order valence-electron chi connectivity index (χ3n) is 1.50. The van der Waals surface area contributed by atoms with Crippen molar-refractivity contribution in [1.29, 1.82) is 0 Å². The maximum absolute atomic E-state index is 11.3. The lowest BCUT2D eigenvalue weighted by Crippen LogP contribution is -2.30. The fourth-order valence-electron chi connectivity index (χ4n) is 1.12. The van der Waals surface area contributed by atoms with E-state index >= 15 is 0 Å². The van der Waals surface area contributed by atoms with Crippen molar-refractivity contribution in [3.05, 3.63) is 0 Å². The molecule has 0 fully saturated rings. The highest BCUT2D eigenvalue weighted by atomic mass is 31.1. The van der Waals surface area contributed by atoms with E-state index in [1.807, 2.05) is 32.4 Å². The summed E-state index contributed by atoms with van der Waals surface area (Å²) in [6.07, 6.45) is 0. The Morgan fingerprint density at radius 1 is 1.18 bits per heavy atom. The topological polar surface area (TPSA) is 29.5 Å². The molecule has 0 bridgehead atoms. The summed E-state index contributed by atoms with van der Waals surface area (Å²) in [4.78, 5) is 0. The van der Waals surface area contributed by atoms with E-state index in [0.717, 1.165) is 0 Å². The zero-order valence-electron chi connectivity index (χ0n) is 7.92. The number of hydrogen-bond acceptors (Lipinski definition) is 2. The quantitative estimate of drug-likeness (QED) is 0.619. The van der Waals surface area contributed by atoms with Crippen LogP contribution in [0.2, 0.25) is 0 Å². The minimum Gasteiger partial charge on any atom is -0.323 e. The molecule has 1 atom stereocenters. The summed E-state index contributed by atoms with van der Waals surface area (Å²) in [5.74, 6) is 0. The summed E-state index contributed by atoms with van der Waals surface area (Å²) in [6, 6.07) is 0.558. The minimum atomic E-state index is -1.98. The van der Waals surface area contributed by atoms with Crippen molar-refractivity contribution in [2.24, 2.45) is 0 Å². The second-order valence-electron chi connectivity index (χ2n) is 3.06. The number of nitrogens with zero attached hydrogens (tertiary/aromatic N) is 1. The van der Waals surface area contributed by atoms with E-state index in [-0.39, 0.29) is 12.1 Å². The summed E-state index contributed by atoms with van der Waals surface area (Å²) < 4.78 is 18.0. The fourth-order valence-corrected chi connectivity index (χ4v) is 2.18. The minimum absolute atomic E-state index is 0.279. The van der Waals surface area contributed by atoms with Gasteiger partial charge in [-0.1, -0.05) is 0 Å². The van der Waals surface area contributed by atoms with Gasteiger partial charge in [-0.3, -0.25) is 4.57 Å². The summed E-state index contributed by atoms with van der Waals surface area (Å²) in [5.41, 5.74) is 0. The molecule has 0 rings (SSSR count). The molecule has 68 valence electrons. The average Bonchev–Trinajstić information content (AvgIpc) is 1.85. The van der Waals surface area contributed by atoms with E-state index < -0.39 is 8.18 Å². The van der Waals surface area contributed by atoms with Crippen molar-refractivity contribution < 1.29 is 9.09 Å². The van der Waals surface area contributed by atoms with Crippen molar-refractivity contribution in [3.63, 3.8) is 0 Å². The highest BCUT2D eigenvalue weighted by Gasteiger charge is 2.18. The summed E-state index contributed by atoms with van der Waals surface area (Å²) in [5, 5.41) is 0. The molecule has 0 heterocycles. The first-order chi connectivity index (χ1) is 5.00. The fraction of sp³-hybridized carbons (Fsp3) is 1.00. The molecule has 1 unspecified atom stereocenters. The van der Waals surface area contributed by atoms with Gasteiger partial charge >= 0.3 is 0 Å². The Labute approximate surface area is 69.6 Å². The molecule has 11 heavy (non-hydrogen) atoms. The van der Waals surface area contributed by atoms with Crippen LogP contribution in [0.5, 0.6) is 0 Å². The van der Waals surface area contributed by atoms with Crippen LogP contribution in [0.3, 0.4) is 0 Å². The van der Waals surface area contributed by atoms with E-state index in [2.05, 4.69) is 0 Å². The second kappa shape index (κ2) is 4.91. The monoisotopic (exact) mass is 179 g/mol. The third-order valence-corrected chi connectivity index (χ3v) is 3.30. The van der Waals surface area contributed by atoms with Gasteiger partial charge in [-0.15, -0.1) is 0 Å². The predicted molar refractivity (Wildman–Crippen MR) is 48.1 cm³/mol. The van der Waals surface area contributed by atoms with E-state index in [9.17, 15) is 4.57 Å². The third kappa shape index (κ3) is 3.37. The molecule has 0 aliphatic heterocycles. The van der Waals surface area contributed by atoms with Crippen LogP contribution >= 0.6 is 8.18 Å². The Morgan fingerprint density at radius 3 is 1.64 bits per heavy atom. The zero-order valence-corrected chi connectivity index (χ0v) is 8.92. The Morgan fingerprint density at radius 2 is 1.55 bits per heavy atom. The molecule has 0 aliphatic carbocycles. The second-order valence-corrected chi connectivity index (χ2v) is 4.52. The van der Waals surface area contributed by atoms with Crippen molar-refractivity contribution in [3.8, 4) is 0 Å². The van der Waals surface area contributed by atoms with Crippen LogP contribution in [-0.2, 0) is 9.09 Å². The van der Waals surface area contributed by atoms with Crippen LogP contribution in [0.25, 0.3) is 0 Å². The van der Waals surface area contributed by atoms with Crippen LogP contribution in [0.1, 0.15) is 27.7 Å². The summed E-state index contributed by atoms with van der Waals surface area (Å²) >= 11 is 0. The zero-order chi connectivity index (χ0) is 9.02. The molecule has 0 saturated heterocycles. The molecule has 0 amide bonds. The van der Waals surface area contributed by atoms with Gasteiger partial charge in [0.25, 0.3) is 8.18 Å². The normalized spacial score (nSPS) is 14.9. The molecule has 0 N–H and O–H groups in total. The number of hydrogen-bond donors (Lipinski definition) is 0.